The second-order valence-corrected chi connectivity index (χ2v) is 7.52. The topological polar surface area (TPSA) is 92.4 Å². The summed E-state index contributed by atoms with van der Waals surface area (Å²) in [5.74, 6) is -0.600. The summed E-state index contributed by atoms with van der Waals surface area (Å²) in [5, 5.41) is 0. The Morgan fingerprint density at radius 3 is 2.52 bits per heavy atom. The molecule has 0 saturated carbocycles. The van der Waals surface area contributed by atoms with Crippen molar-refractivity contribution >= 4 is 17.7 Å². The van der Waals surface area contributed by atoms with Crippen LogP contribution in [-0.4, -0.2) is 52.7 Å². The monoisotopic (exact) mass is 399 g/mol. The van der Waals surface area contributed by atoms with Gasteiger partial charge in [-0.1, -0.05) is 19.9 Å². The lowest BCUT2D eigenvalue weighted by Gasteiger charge is -2.23. The molecule has 0 atom stereocenters. The average Bonchev–Trinajstić information content (AvgIpc) is 2.98. The van der Waals surface area contributed by atoms with Gasteiger partial charge in [0.05, 0.1) is 13.7 Å². The van der Waals surface area contributed by atoms with E-state index in [9.17, 15) is 14.4 Å². The first-order valence-electron chi connectivity index (χ1n) is 9.72. The first-order valence-corrected chi connectivity index (χ1v) is 9.72. The van der Waals surface area contributed by atoms with E-state index in [1.54, 1.807) is 24.9 Å². The van der Waals surface area contributed by atoms with Crippen LogP contribution in [-0.2, 0) is 16.0 Å². The first-order chi connectivity index (χ1) is 13.7. The summed E-state index contributed by atoms with van der Waals surface area (Å²) in [6.07, 6.45) is 2.64. The van der Waals surface area contributed by atoms with Gasteiger partial charge in [0, 0.05) is 42.5 Å². The molecule has 1 amide bonds. The fourth-order valence-corrected chi connectivity index (χ4v) is 3.29. The number of amides is 1. The van der Waals surface area contributed by atoms with Crippen LogP contribution in [0.15, 0.2) is 24.4 Å². The minimum Gasteiger partial charge on any atom is -0.464 e. The number of rotatable bonds is 9. The maximum absolute atomic E-state index is 13.0. The molecule has 0 radical (unpaired) electrons. The number of nitrogens with one attached hydrogen (secondary N) is 1. The number of nitrogens with zero attached hydrogens (tertiary/aromatic N) is 2. The van der Waals surface area contributed by atoms with Crippen LogP contribution in [0, 0.1) is 19.8 Å². The van der Waals surface area contributed by atoms with Crippen molar-refractivity contribution in [2.75, 3.05) is 20.2 Å². The van der Waals surface area contributed by atoms with Gasteiger partial charge in [-0.05, 0) is 37.5 Å². The lowest BCUT2D eigenvalue weighted by atomic mass is 10.0. The highest BCUT2D eigenvalue weighted by Gasteiger charge is 2.25. The number of hydrogen-bond acceptors (Lipinski definition) is 5. The molecule has 1 N–H and O–H groups in total. The van der Waals surface area contributed by atoms with Gasteiger partial charge < -0.3 is 14.6 Å². The Hall–Kier alpha value is -2.96. The average molecular weight is 399 g/mol. The van der Waals surface area contributed by atoms with Gasteiger partial charge in [-0.3, -0.25) is 14.6 Å². The van der Waals surface area contributed by atoms with E-state index in [-0.39, 0.29) is 29.8 Å². The second kappa shape index (κ2) is 10.0. The van der Waals surface area contributed by atoms with Crippen molar-refractivity contribution in [3.05, 3.63) is 52.6 Å². The number of ether oxygens (including phenoxy) is 1. The normalized spacial score (nSPS) is 10.8. The number of H-pyrrole nitrogens is 1. The highest BCUT2D eigenvalue weighted by atomic mass is 16.5. The third-order valence-corrected chi connectivity index (χ3v) is 4.74. The molecular formula is C22H29N3O4. The molecule has 2 heterocycles. The van der Waals surface area contributed by atoms with Crippen molar-refractivity contribution < 1.29 is 19.1 Å². The molecule has 0 bridgehead atoms. The molecule has 0 aliphatic heterocycles. The number of Topliss-reactive ketones (excluding diaryl/α,β-unsaturated/α-hetero) is 1. The summed E-state index contributed by atoms with van der Waals surface area (Å²) in [7, 11) is 1.30. The van der Waals surface area contributed by atoms with Gasteiger partial charge >= 0.3 is 5.97 Å². The van der Waals surface area contributed by atoms with Crippen LogP contribution in [0.25, 0.3) is 0 Å². The number of aryl methyl sites for hydroxylation is 1. The predicted octanol–water partition coefficient (Wildman–Crippen LogP) is 3.11. The molecular weight excluding hydrogens is 370 g/mol. The molecule has 0 aliphatic rings. The van der Waals surface area contributed by atoms with Crippen LogP contribution in [0.1, 0.15) is 58.1 Å². The van der Waals surface area contributed by atoms with E-state index in [4.69, 9.17) is 4.74 Å². The van der Waals surface area contributed by atoms with E-state index >= 15 is 0 Å². The van der Waals surface area contributed by atoms with Crippen molar-refractivity contribution in [1.29, 1.82) is 0 Å². The number of aromatic amines is 1. The zero-order valence-corrected chi connectivity index (χ0v) is 17.7. The quantitative estimate of drug-likeness (QED) is 0.517. The Labute approximate surface area is 171 Å². The molecule has 0 saturated heterocycles. The number of pyridine rings is 1. The van der Waals surface area contributed by atoms with Crippen LogP contribution in [0.5, 0.6) is 0 Å². The van der Waals surface area contributed by atoms with E-state index in [0.29, 0.717) is 36.2 Å². The Bertz CT molecular complexity index is 872. The summed E-state index contributed by atoms with van der Waals surface area (Å²) in [4.78, 5) is 46.5. The number of carbonyl (C=O) groups is 3. The molecule has 2 aromatic rings. The number of methoxy groups -OCH3 is 1. The van der Waals surface area contributed by atoms with Gasteiger partial charge in [0.25, 0.3) is 0 Å². The van der Waals surface area contributed by atoms with Gasteiger partial charge in [0.2, 0.25) is 5.91 Å². The van der Waals surface area contributed by atoms with Gasteiger partial charge in [-0.15, -0.1) is 0 Å². The lowest BCUT2D eigenvalue weighted by Crippen LogP contribution is -2.38. The zero-order chi connectivity index (χ0) is 21.6. The highest BCUT2D eigenvalue weighted by molar-refractivity contribution is 6.04. The molecule has 2 aromatic heterocycles. The van der Waals surface area contributed by atoms with Crippen molar-refractivity contribution in [2.24, 2.45) is 5.92 Å². The second-order valence-electron chi connectivity index (χ2n) is 7.52. The fourth-order valence-electron chi connectivity index (χ4n) is 3.29. The Morgan fingerprint density at radius 1 is 1.21 bits per heavy atom. The van der Waals surface area contributed by atoms with Crippen LogP contribution in [0.3, 0.4) is 0 Å². The minimum atomic E-state index is -0.521. The maximum Gasteiger partial charge on any atom is 0.354 e. The fraction of sp³-hybridized carbons (Fsp3) is 0.455. The van der Waals surface area contributed by atoms with E-state index < -0.39 is 5.97 Å². The van der Waals surface area contributed by atoms with Gasteiger partial charge in [-0.25, -0.2) is 4.79 Å². The van der Waals surface area contributed by atoms with Crippen molar-refractivity contribution in [3.63, 3.8) is 0 Å². The van der Waals surface area contributed by atoms with E-state index in [1.165, 1.54) is 7.11 Å². The molecule has 2 rings (SSSR count). The highest BCUT2D eigenvalue weighted by Crippen LogP contribution is 2.20. The molecule has 0 fully saturated rings. The van der Waals surface area contributed by atoms with Gasteiger partial charge in [0.15, 0.2) is 5.78 Å². The SMILES string of the molecule is COC(=O)c1[nH]c(C)c(C(=O)CN(CCc2ccccn2)C(=O)CC(C)C)c1C. The van der Waals surface area contributed by atoms with Crippen LogP contribution in [0.2, 0.25) is 0 Å². The first kappa shape index (κ1) is 22.3. The molecule has 7 nitrogen and oxygen atoms in total. The van der Waals surface area contributed by atoms with E-state index in [0.717, 1.165) is 5.69 Å². The Kier molecular flexibility index (Phi) is 7.70. The minimum absolute atomic E-state index is 0.0431. The predicted molar refractivity (Wildman–Crippen MR) is 110 cm³/mol. The third-order valence-electron chi connectivity index (χ3n) is 4.74. The van der Waals surface area contributed by atoms with Crippen molar-refractivity contribution in [2.45, 2.75) is 40.5 Å². The van der Waals surface area contributed by atoms with E-state index in [2.05, 4.69) is 9.97 Å². The standard InChI is InChI=1S/C22H29N3O4/c1-14(2)12-19(27)25(11-9-17-8-6-7-10-23-17)13-18(26)20-15(3)21(22(28)29-5)24-16(20)4/h6-8,10,14,24H,9,11-13H2,1-5H3. The van der Waals surface area contributed by atoms with Gasteiger partial charge in [-0.2, -0.15) is 0 Å². The Balaban J connectivity index is 2.21. The summed E-state index contributed by atoms with van der Waals surface area (Å²) in [5.41, 5.74) is 2.70. The maximum atomic E-state index is 13.0. The largest absolute Gasteiger partial charge is 0.464 e. The molecule has 0 aliphatic carbocycles. The summed E-state index contributed by atoms with van der Waals surface area (Å²) in [6.45, 7) is 7.75. The summed E-state index contributed by atoms with van der Waals surface area (Å²) in [6, 6.07) is 5.63. The molecule has 0 unspecified atom stereocenters. The third kappa shape index (κ3) is 5.76. The molecule has 156 valence electrons. The van der Waals surface area contributed by atoms with Crippen LogP contribution >= 0.6 is 0 Å². The number of aromatic nitrogens is 2. The van der Waals surface area contributed by atoms with Crippen LogP contribution in [0.4, 0.5) is 0 Å². The van der Waals surface area contributed by atoms with Crippen molar-refractivity contribution in [3.8, 4) is 0 Å². The number of hydrogen-bond donors (Lipinski definition) is 1. The smallest absolute Gasteiger partial charge is 0.354 e. The van der Waals surface area contributed by atoms with Crippen molar-refractivity contribution in [1.82, 2.24) is 14.9 Å². The number of esters is 1. The summed E-state index contributed by atoms with van der Waals surface area (Å²) >= 11 is 0. The molecule has 0 aromatic carbocycles. The van der Waals surface area contributed by atoms with Gasteiger partial charge in [0.1, 0.15) is 5.69 Å². The molecule has 29 heavy (non-hydrogen) atoms. The molecule has 7 heteroatoms. The zero-order valence-electron chi connectivity index (χ0n) is 17.7. The Morgan fingerprint density at radius 2 is 1.93 bits per heavy atom. The number of carbonyl (C=O) groups excluding carboxylic acids is 3. The van der Waals surface area contributed by atoms with Crippen LogP contribution < -0.4 is 0 Å². The lowest BCUT2D eigenvalue weighted by molar-refractivity contribution is -0.131. The molecule has 0 spiro atoms. The van der Waals surface area contributed by atoms with E-state index in [1.807, 2.05) is 32.0 Å². The summed E-state index contributed by atoms with van der Waals surface area (Å²) < 4.78 is 4.76. The number of ketones is 1.